The number of hydrogen-bond acceptors (Lipinski definition) is 3. The Morgan fingerprint density at radius 3 is 3.23 bits per heavy atom. The van der Waals surface area contributed by atoms with E-state index in [1.165, 1.54) is 5.56 Å². The summed E-state index contributed by atoms with van der Waals surface area (Å²) in [5.41, 5.74) is 2.29. The third kappa shape index (κ3) is 1.64. The van der Waals surface area contributed by atoms with Crippen LogP contribution in [0.3, 0.4) is 0 Å². The minimum atomic E-state index is 0.831. The van der Waals surface area contributed by atoms with E-state index in [0.29, 0.717) is 0 Å². The van der Waals surface area contributed by atoms with Crippen molar-refractivity contribution in [1.29, 1.82) is 0 Å². The Bertz CT molecular complexity index is 334. The average Bonchev–Trinajstić information content (AvgIpc) is 2.18. The highest BCUT2D eigenvalue weighted by Crippen LogP contribution is 2.24. The van der Waals surface area contributed by atoms with Crippen molar-refractivity contribution in [3.8, 4) is 5.75 Å². The number of ether oxygens (including phenoxy) is 1. The van der Waals surface area contributed by atoms with Gasteiger partial charge in [-0.25, -0.2) is 0 Å². The van der Waals surface area contributed by atoms with Gasteiger partial charge in [0.15, 0.2) is 0 Å². The van der Waals surface area contributed by atoms with Crippen LogP contribution in [-0.4, -0.2) is 12.8 Å². The number of aryl methyl sites for hydroxylation is 1. The number of hydrogen-bond donors (Lipinski definition) is 1. The van der Waals surface area contributed by atoms with E-state index in [1.54, 1.807) is 6.21 Å². The van der Waals surface area contributed by atoms with Gasteiger partial charge in [0, 0.05) is 0 Å². The molecule has 3 heteroatoms. The molecular weight excluding hydrogens is 164 g/mol. The Labute approximate surface area is 77.2 Å². The summed E-state index contributed by atoms with van der Waals surface area (Å²) in [6, 6.07) is 6.01. The molecule has 0 aromatic heterocycles. The number of fused-ring (bicyclic) bond motifs is 1. The minimum absolute atomic E-state index is 0.831. The van der Waals surface area contributed by atoms with E-state index in [0.717, 1.165) is 30.8 Å². The molecule has 0 saturated heterocycles. The molecule has 1 aliphatic heterocycles. The first-order valence-electron chi connectivity index (χ1n) is 4.39. The van der Waals surface area contributed by atoms with Gasteiger partial charge in [-0.2, -0.15) is 5.10 Å². The van der Waals surface area contributed by atoms with Crippen LogP contribution in [0.4, 0.5) is 0 Å². The molecule has 0 amide bonds. The zero-order chi connectivity index (χ0) is 9.10. The van der Waals surface area contributed by atoms with Crippen LogP contribution in [0, 0.1) is 0 Å². The van der Waals surface area contributed by atoms with E-state index in [1.807, 2.05) is 12.1 Å². The number of rotatable bonds is 1. The van der Waals surface area contributed by atoms with E-state index in [-0.39, 0.29) is 0 Å². The zero-order valence-electron chi connectivity index (χ0n) is 7.36. The van der Waals surface area contributed by atoms with Crippen molar-refractivity contribution in [2.75, 3.05) is 6.61 Å². The van der Waals surface area contributed by atoms with E-state index in [9.17, 15) is 0 Å². The number of nitrogens with two attached hydrogens (primary N) is 1. The third-order valence-corrected chi connectivity index (χ3v) is 2.16. The second-order valence-corrected chi connectivity index (χ2v) is 3.10. The van der Waals surface area contributed by atoms with Gasteiger partial charge in [0.25, 0.3) is 0 Å². The molecule has 0 atom stereocenters. The molecule has 2 rings (SSSR count). The number of hydrazone groups is 1. The SMILES string of the molecule is NN=Cc1ccc2c(c1)CCCO2. The Balaban J connectivity index is 2.35. The number of nitrogens with zero attached hydrogens (tertiary/aromatic N) is 1. The van der Waals surface area contributed by atoms with Crippen molar-refractivity contribution in [1.82, 2.24) is 0 Å². The molecule has 2 N–H and O–H groups in total. The van der Waals surface area contributed by atoms with Crippen molar-refractivity contribution >= 4 is 6.21 Å². The van der Waals surface area contributed by atoms with Crippen LogP contribution < -0.4 is 10.6 Å². The maximum Gasteiger partial charge on any atom is 0.122 e. The summed E-state index contributed by atoms with van der Waals surface area (Å²) in [7, 11) is 0. The van der Waals surface area contributed by atoms with Crippen molar-refractivity contribution in [3.63, 3.8) is 0 Å². The Morgan fingerprint density at radius 1 is 1.46 bits per heavy atom. The zero-order valence-corrected chi connectivity index (χ0v) is 7.36. The van der Waals surface area contributed by atoms with Gasteiger partial charge in [0.2, 0.25) is 0 Å². The quantitative estimate of drug-likeness (QED) is 0.398. The molecule has 3 nitrogen and oxygen atoms in total. The van der Waals surface area contributed by atoms with E-state index >= 15 is 0 Å². The van der Waals surface area contributed by atoms with Gasteiger partial charge in [0.05, 0.1) is 12.8 Å². The lowest BCUT2D eigenvalue weighted by molar-refractivity contribution is 0.288. The molecule has 0 spiro atoms. The molecule has 1 aromatic carbocycles. The smallest absolute Gasteiger partial charge is 0.122 e. The lowest BCUT2D eigenvalue weighted by atomic mass is 10.0. The first-order valence-corrected chi connectivity index (χ1v) is 4.39. The summed E-state index contributed by atoms with van der Waals surface area (Å²) >= 11 is 0. The van der Waals surface area contributed by atoms with Crippen molar-refractivity contribution in [3.05, 3.63) is 29.3 Å². The Kier molecular flexibility index (Phi) is 2.17. The van der Waals surface area contributed by atoms with Crippen molar-refractivity contribution in [2.45, 2.75) is 12.8 Å². The first kappa shape index (κ1) is 8.10. The molecule has 1 heterocycles. The summed E-state index contributed by atoms with van der Waals surface area (Å²) < 4.78 is 5.48. The van der Waals surface area contributed by atoms with Crippen LogP contribution in [-0.2, 0) is 6.42 Å². The van der Waals surface area contributed by atoms with Crippen LogP contribution in [0.15, 0.2) is 23.3 Å². The molecule has 0 radical (unpaired) electrons. The maximum atomic E-state index is 5.48. The fraction of sp³-hybridized carbons (Fsp3) is 0.300. The monoisotopic (exact) mass is 176 g/mol. The van der Waals surface area contributed by atoms with Gasteiger partial charge in [0.1, 0.15) is 5.75 Å². The minimum Gasteiger partial charge on any atom is -0.493 e. The van der Waals surface area contributed by atoms with Gasteiger partial charge in [-0.05, 0) is 42.2 Å². The third-order valence-electron chi connectivity index (χ3n) is 2.16. The highest BCUT2D eigenvalue weighted by atomic mass is 16.5. The highest BCUT2D eigenvalue weighted by Gasteiger charge is 2.09. The second-order valence-electron chi connectivity index (χ2n) is 3.10. The predicted octanol–water partition coefficient (Wildman–Crippen LogP) is 1.30. The van der Waals surface area contributed by atoms with Crippen LogP contribution in [0.1, 0.15) is 17.5 Å². The summed E-state index contributed by atoms with van der Waals surface area (Å²) in [4.78, 5) is 0. The summed E-state index contributed by atoms with van der Waals surface area (Å²) in [5, 5.41) is 3.49. The molecule has 1 aromatic rings. The topological polar surface area (TPSA) is 47.6 Å². The fourth-order valence-electron chi connectivity index (χ4n) is 1.55. The largest absolute Gasteiger partial charge is 0.493 e. The molecule has 68 valence electrons. The first-order chi connectivity index (χ1) is 6.40. The van der Waals surface area contributed by atoms with Gasteiger partial charge >= 0.3 is 0 Å². The molecule has 0 aliphatic carbocycles. The van der Waals surface area contributed by atoms with Gasteiger partial charge < -0.3 is 10.6 Å². The van der Waals surface area contributed by atoms with Crippen LogP contribution in [0.25, 0.3) is 0 Å². The molecular formula is C10H12N2O. The lowest BCUT2D eigenvalue weighted by Gasteiger charge is -2.16. The number of benzene rings is 1. The molecule has 0 fully saturated rings. The predicted molar refractivity (Wildman–Crippen MR) is 52.0 cm³/mol. The molecule has 0 bridgehead atoms. The lowest BCUT2D eigenvalue weighted by Crippen LogP contribution is -2.08. The van der Waals surface area contributed by atoms with E-state index < -0.39 is 0 Å². The van der Waals surface area contributed by atoms with Crippen LogP contribution in [0.2, 0.25) is 0 Å². The van der Waals surface area contributed by atoms with Crippen molar-refractivity contribution < 1.29 is 4.74 Å². The summed E-state index contributed by atoms with van der Waals surface area (Å²) in [5.74, 6) is 6.08. The van der Waals surface area contributed by atoms with Crippen molar-refractivity contribution in [2.24, 2.45) is 10.9 Å². The summed E-state index contributed by atoms with van der Waals surface area (Å²) in [6.45, 7) is 0.831. The molecule has 0 saturated carbocycles. The highest BCUT2D eigenvalue weighted by molar-refractivity contribution is 5.80. The standard InChI is InChI=1S/C10H12N2O/c11-12-7-8-3-4-10-9(6-8)2-1-5-13-10/h3-4,6-7H,1-2,5,11H2. The van der Waals surface area contributed by atoms with Crippen LogP contribution in [0.5, 0.6) is 5.75 Å². The normalized spacial score (nSPS) is 15.4. The van der Waals surface area contributed by atoms with E-state index in [2.05, 4.69) is 11.2 Å². The van der Waals surface area contributed by atoms with Gasteiger partial charge in [-0.1, -0.05) is 0 Å². The second kappa shape index (κ2) is 3.47. The van der Waals surface area contributed by atoms with E-state index in [4.69, 9.17) is 10.6 Å². The Morgan fingerprint density at radius 2 is 2.38 bits per heavy atom. The molecule has 1 aliphatic rings. The maximum absolute atomic E-state index is 5.48. The van der Waals surface area contributed by atoms with Crippen LogP contribution >= 0.6 is 0 Å². The summed E-state index contributed by atoms with van der Waals surface area (Å²) in [6.07, 6.45) is 3.83. The van der Waals surface area contributed by atoms with Gasteiger partial charge in [-0.15, -0.1) is 0 Å². The average molecular weight is 176 g/mol. The molecule has 13 heavy (non-hydrogen) atoms. The van der Waals surface area contributed by atoms with Gasteiger partial charge in [-0.3, -0.25) is 0 Å². The fourth-order valence-corrected chi connectivity index (χ4v) is 1.55. The molecule has 0 unspecified atom stereocenters. The Hall–Kier alpha value is -1.51.